The number of fused-ring (bicyclic) bond motifs is 2. The van der Waals surface area contributed by atoms with Gasteiger partial charge in [0.25, 0.3) is 5.91 Å². The number of hydrogen-bond acceptors (Lipinski definition) is 6. The van der Waals surface area contributed by atoms with Crippen LogP contribution in [-0.2, 0) is 21.5 Å². The predicted molar refractivity (Wildman–Crippen MR) is 108 cm³/mol. The van der Waals surface area contributed by atoms with Crippen molar-refractivity contribution in [3.8, 4) is 0 Å². The molecule has 1 spiro atoms. The normalized spacial score (nSPS) is 23.1. The van der Waals surface area contributed by atoms with E-state index in [0.717, 1.165) is 22.4 Å². The van der Waals surface area contributed by atoms with Crippen molar-refractivity contribution in [1.29, 1.82) is 0 Å². The second-order valence-corrected chi connectivity index (χ2v) is 7.80. The number of rotatable bonds is 3. The van der Waals surface area contributed by atoms with Crippen LogP contribution in [0.25, 0.3) is 0 Å². The maximum atomic E-state index is 13.2. The van der Waals surface area contributed by atoms with Crippen molar-refractivity contribution in [3.05, 3.63) is 53.9 Å². The molecule has 1 aliphatic carbocycles. The molecule has 2 aliphatic heterocycles. The number of aryl methyl sites for hydroxylation is 1. The number of aromatic nitrogens is 2. The van der Waals surface area contributed by atoms with E-state index in [9.17, 15) is 14.4 Å². The quantitative estimate of drug-likeness (QED) is 0.747. The summed E-state index contributed by atoms with van der Waals surface area (Å²) in [5, 5.41) is 2.86. The number of anilines is 1. The molecule has 0 unspecified atom stereocenters. The molecule has 9 nitrogen and oxygen atoms in total. The number of piperazine rings is 1. The molecule has 30 heavy (non-hydrogen) atoms. The van der Waals surface area contributed by atoms with Gasteiger partial charge in [0.05, 0.1) is 0 Å². The van der Waals surface area contributed by atoms with E-state index in [0.29, 0.717) is 38.5 Å². The Bertz CT molecular complexity index is 1000. The molecule has 1 atom stereocenters. The number of imide groups is 1. The molecule has 0 radical (unpaired) electrons. The smallest absolute Gasteiger partial charge is 0.325 e. The number of carbonyl (C=O) groups excluding carboxylic acids is 3. The summed E-state index contributed by atoms with van der Waals surface area (Å²) >= 11 is 0. The average Bonchev–Trinajstić information content (AvgIpc) is 3.27. The van der Waals surface area contributed by atoms with Crippen LogP contribution >= 0.6 is 0 Å². The molecule has 1 aromatic carbocycles. The van der Waals surface area contributed by atoms with Gasteiger partial charge in [-0.1, -0.05) is 24.3 Å². The summed E-state index contributed by atoms with van der Waals surface area (Å²) in [5.41, 5.74) is 0.880. The van der Waals surface area contributed by atoms with E-state index in [-0.39, 0.29) is 18.4 Å². The van der Waals surface area contributed by atoms with Crippen molar-refractivity contribution >= 4 is 23.8 Å². The highest BCUT2D eigenvalue weighted by molar-refractivity contribution is 6.09. The Morgan fingerprint density at radius 2 is 1.77 bits per heavy atom. The van der Waals surface area contributed by atoms with Gasteiger partial charge in [0.15, 0.2) is 0 Å². The van der Waals surface area contributed by atoms with Crippen molar-refractivity contribution in [1.82, 2.24) is 25.1 Å². The molecule has 3 heterocycles. The van der Waals surface area contributed by atoms with Crippen LogP contribution in [-0.4, -0.2) is 70.3 Å². The van der Waals surface area contributed by atoms with E-state index >= 15 is 0 Å². The first-order valence-electron chi connectivity index (χ1n) is 10.1. The Kier molecular flexibility index (Phi) is 4.38. The minimum atomic E-state index is -1.03. The van der Waals surface area contributed by atoms with E-state index in [1.54, 1.807) is 23.4 Å². The molecule has 9 heteroatoms. The number of benzene rings is 1. The van der Waals surface area contributed by atoms with Gasteiger partial charge >= 0.3 is 6.03 Å². The lowest BCUT2D eigenvalue weighted by atomic mass is 9.92. The number of nitrogens with zero attached hydrogens (tertiary/aromatic N) is 5. The van der Waals surface area contributed by atoms with E-state index < -0.39 is 11.6 Å². The number of hydrogen-bond donors (Lipinski definition) is 1. The first-order valence-corrected chi connectivity index (χ1v) is 10.1. The lowest BCUT2D eigenvalue weighted by Crippen LogP contribution is -2.52. The zero-order chi connectivity index (χ0) is 20.7. The topological polar surface area (TPSA) is 98.7 Å². The van der Waals surface area contributed by atoms with Crippen molar-refractivity contribution < 1.29 is 14.4 Å². The standard InChI is InChI=1S/C21H22N6O3/c28-17(25-10-12-26(13-11-25)19-22-8-3-9-23-19)14-27-18(29)21(24-20(27)30)7-6-15-4-1-2-5-16(15)21/h1-5,8-9H,6-7,10-14H2,(H,24,30)/t21-/m0/s1. The molecular weight excluding hydrogens is 384 g/mol. The second kappa shape index (κ2) is 7.08. The average molecular weight is 406 g/mol. The molecule has 3 aliphatic rings. The highest BCUT2D eigenvalue weighted by Gasteiger charge is 2.55. The molecule has 154 valence electrons. The van der Waals surface area contributed by atoms with Crippen molar-refractivity contribution in [2.24, 2.45) is 0 Å². The van der Waals surface area contributed by atoms with Gasteiger partial charge in [-0.2, -0.15) is 0 Å². The van der Waals surface area contributed by atoms with E-state index in [1.165, 1.54) is 0 Å². The molecule has 1 aromatic heterocycles. The fourth-order valence-electron chi connectivity index (χ4n) is 4.58. The maximum absolute atomic E-state index is 13.2. The van der Waals surface area contributed by atoms with Crippen LogP contribution in [0.5, 0.6) is 0 Å². The first-order chi connectivity index (χ1) is 14.6. The van der Waals surface area contributed by atoms with Gasteiger partial charge in [-0.05, 0) is 30.0 Å². The Labute approximate surface area is 173 Å². The third-order valence-electron chi connectivity index (χ3n) is 6.18. The van der Waals surface area contributed by atoms with Crippen LogP contribution in [0.3, 0.4) is 0 Å². The third kappa shape index (κ3) is 2.89. The van der Waals surface area contributed by atoms with Crippen LogP contribution in [0.2, 0.25) is 0 Å². The molecule has 0 saturated carbocycles. The number of nitrogens with one attached hydrogen (secondary N) is 1. The van der Waals surface area contributed by atoms with Gasteiger partial charge in [0.1, 0.15) is 12.1 Å². The number of carbonyl (C=O) groups is 3. The van der Waals surface area contributed by atoms with Crippen molar-refractivity contribution in [2.75, 3.05) is 37.6 Å². The molecule has 2 saturated heterocycles. The fourth-order valence-corrected chi connectivity index (χ4v) is 4.58. The Hall–Kier alpha value is -3.49. The highest BCUT2D eigenvalue weighted by Crippen LogP contribution is 2.41. The van der Waals surface area contributed by atoms with E-state index in [1.807, 2.05) is 29.2 Å². The SMILES string of the molecule is O=C(CN1C(=O)N[C@]2(CCc3ccccc32)C1=O)N1CCN(c2ncccn2)CC1. The largest absolute Gasteiger partial charge is 0.338 e. The third-order valence-corrected chi connectivity index (χ3v) is 6.18. The number of amides is 4. The second-order valence-electron chi connectivity index (χ2n) is 7.80. The summed E-state index contributed by atoms with van der Waals surface area (Å²) in [6.07, 6.45) is 4.63. The fraction of sp³-hybridized carbons (Fsp3) is 0.381. The minimum Gasteiger partial charge on any atom is -0.338 e. The zero-order valence-corrected chi connectivity index (χ0v) is 16.5. The molecular formula is C21H22N6O3. The van der Waals surface area contributed by atoms with Gasteiger partial charge in [-0.3, -0.25) is 14.5 Å². The molecule has 5 rings (SSSR count). The molecule has 0 bridgehead atoms. The Morgan fingerprint density at radius 1 is 1.03 bits per heavy atom. The van der Waals surface area contributed by atoms with Crippen molar-refractivity contribution in [3.63, 3.8) is 0 Å². The van der Waals surface area contributed by atoms with Gasteiger partial charge in [0.2, 0.25) is 11.9 Å². The van der Waals surface area contributed by atoms with Crippen molar-refractivity contribution in [2.45, 2.75) is 18.4 Å². The summed E-state index contributed by atoms with van der Waals surface area (Å²) in [6.45, 7) is 1.96. The van der Waals surface area contributed by atoms with E-state index in [2.05, 4.69) is 15.3 Å². The van der Waals surface area contributed by atoms with Gasteiger partial charge in [-0.25, -0.2) is 14.8 Å². The van der Waals surface area contributed by atoms with Gasteiger partial charge < -0.3 is 15.1 Å². The monoisotopic (exact) mass is 406 g/mol. The molecule has 1 N–H and O–H groups in total. The summed E-state index contributed by atoms with van der Waals surface area (Å²) in [5.74, 6) is 0.0816. The van der Waals surface area contributed by atoms with Crippen LogP contribution < -0.4 is 10.2 Å². The summed E-state index contributed by atoms with van der Waals surface area (Å²) < 4.78 is 0. The van der Waals surface area contributed by atoms with Gasteiger partial charge in [-0.15, -0.1) is 0 Å². The zero-order valence-electron chi connectivity index (χ0n) is 16.5. The first kappa shape index (κ1) is 18.5. The maximum Gasteiger partial charge on any atom is 0.325 e. The Balaban J connectivity index is 1.25. The van der Waals surface area contributed by atoms with Gasteiger partial charge in [0, 0.05) is 38.6 Å². The molecule has 2 fully saturated rings. The molecule has 4 amide bonds. The summed E-state index contributed by atoms with van der Waals surface area (Å²) in [4.78, 5) is 51.9. The predicted octanol–water partition coefficient (Wildman–Crippen LogP) is 0.519. The highest BCUT2D eigenvalue weighted by atomic mass is 16.2. The Morgan fingerprint density at radius 3 is 2.53 bits per heavy atom. The molecule has 2 aromatic rings. The number of urea groups is 1. The van der Waals surface area contributed by atoms with Crippen LogP contribution in [0, 0.1) is 0 Å². The van der Waals surface area contributed by atoms with Crippen LogP contribution in [0.4, 0.5) is 10.7 Å². The van der Waals surface area contributed by atoms with E-state index in [4.69, 9.17) is 0 Å². The summed E-state index contributed by atoms with van der Waals surface area (Å²) in [7, 11) is 0. The summed E-state index contributed by atoms with van der Waals surface area (Å²) in [6, 6.07) is 8.93. The van der Waals surface area contributed by atoms with Crippen LogP contribution in [0.1, 0.15) is 17.5 Å². The van der Waals surface area contributed by atoms with Crippen LogP contribution in [0.15, 0.2) is 42.7 Å². The lowest BCUT2D eigenvalue weighted by Gasteiger charge is -2.35. The lowest BCUT2D eigenvalue weighted by molar-refractivity contribution is -0.139. The minimum absolute atomic E-state index is 0.226.